The SMILES string of the molecule is CC(C)=C(C#N)C(=O)N1CCCC(NC(=O)[C@@H]2Sc3nccc4c3C2NC(=O)N4c2ccc(Oc3ccccc3)cc2C)C1. The molecule has 0 spiro atoms. The third kappa shape index (κ3) is 5.49. The van der Waals surface area contributed by atoms with Crippen LogP contribution in [0.15, 0.2) is 77.0 Å². The highest BCUT2D eigenvalue weighted by Gasteiger charge is 2.47. The maximum absolute atomic E-state index is 13.7. The lowest BCUT2D eigenvalue weighted by atomic mass is 9.98. The summed E-state index contributed by atoms with van der Waals surface area (Å²) in [6.07, 6.45) is 3.09. The van der Waals surface area contributed by atoms with E-state index in [9.17, 15) is 19.6 Å². The summed E-state index contributed by atoms with van der Waals surface area (Å²) in [5, 5.41) is 15.7. The molecule has 44 heavy (non-hydrogen) atoms. The fourth-order valence-electron chi connectivity index (χ4n) is 5.93. The highest BCUT2D eigenvalue weighted by atomic mass is 32.2. The van der Waals surface area contributed by atoms with Crippen LogP contribution in [0, 0.1) is 18.3 Å². The Bertz CT molecular complexity index is 1710. The maximum atomic E-state index is 13.7. The molecule has 11 heteroatoms. The number of benzene rings is 2. The number of ether oxygens (including phenoxy) is 1. The lowest BCUT2D eigenvalue weighted by molar-refractivity contribution is -0.129. The summed E-state index contributed by atoms with van der Waals surface area (Å²) >= 11 is 1.33. The van der Waals surface area contributed by atoms with Gasteiger partial charge in [-0.2, -0.15) is 5.26 Å². The molecule has 0 bridgehead atoms. The minimum absolute atomic E-state index is 0.139. The zero-order valence-corrected chi connectivity index (χ0v) is 25.5. The molecule has 2 aromatic carbocycles. The minimum atomic E-state index is -0.619. The molecule has 3 aliphatic rings. The van der Waals surface area contributed by atoms with Gasteiger partial charge in [0.1, 0.15) is 33.4 Å². The Hall–Kier alpha value is -4.82. The number of carbonyl (C=O) groups excluding carboxylic acids is 3. The molecule has 2 unspecified atom stereocenters. The summed E-state index contributed by atoms with van der Waals surface area (Å²) in [5.74, 6) is 0.849. The van der Waals surface area contributed by atoms with E-state index in [4.69, 9.17) is 4.74 Å². The number of nitrogens with one attached hydrogen (secondary N) is 2. The number of allylic oxidation sites excluding steroid dienone is 1. The fraction of sp³-hybridized carbons (Fsp3) is 0.303. The first kappa shape index (κ1) is 29.3. The van der Waals surface area contributed by atoms with Gasteiger partial charge in [0.15, 0.2) is 0 Å². The molecule has 0 saturated carbocycles. The molecule has 224 valence electrons. The smallest absolute Gasteiger partial charge is 0.327 e. The number of thioether (sulfide) groups is 1. The molecule has 3 aliphatic heterocycles. The number of aromatic nitrogens is 1. The van der Waals surface area contributed by atoms with Crippen LogP contribution in [-0.2, 0) is 9.59 Å². The van der Waals surface area contributed by atoms with Crippen LogP contribution in [-0.4, -0.2) is 52.1 Å². The van der Waals surface area contributed by atoms with Gasteiger partial charge in [-0.25, -0.2) is 9.78 Å². The number of likely N-dealkylation sites (tertiary alicyclic amines) is 1. The zero-order valence-electron chi connectivity index (χ0n) is 24.7. The number of pyridine rings is 1. The number of anilines is 2. The monoisotopic (exact) mass is 608 g/mol. The van der Waals surface area contributed by atoms with Crippen molar-refractivity contribution in [2.45, 2.75) is 56.0 Å². The second-order valence-electron chi connectivity index (χ2n) is 11.3. The molecule has 10 nitrogen and oxygen atoms in total. The average Bonchev–Trinajstić information content (AvgIpc) is 3.38. The molecule has 2 N–H and O–H groups in total. The number of aryl methyl sites for hydroxylation is 1. The number of piperidine rings is 1. The van der Waals surface area contributed by atoms with E-state index in [0.29, 0.717) is 53.7 Å². The van der Waals surface area contributed by atoms with Gasteiger partial charge in [-0.3, -0.25) is 14.5 Å². The van der Waals surface area contributed by atoms with E-state index in [-0.39, 0.29) is 29.5 Å². The Labute approximate surface area is 260 Å². The number of rotatable bonds is 6. The van der Waals surface area contributed by atoms with Crippen molar-refractivity contribution < 1.29 is 19.1 Å². The summed E-state index contributed by atoms with van der Waals surface area (Å²) < 4.78 is 5.98. The molecule has 4 heterocycles. The first-order valence-corrected chi connectivity index (χ1v) is 15.4. The van der Waals surface area contributed by atoms with Crippen molar-refractivity contribution in [3.63, 3.8) is 0 Å². The molecule has 1 saturated heterocycles. The summed E-state index contributed by atoms with van der Waals surface area (Å²) in [4.78, 5) is 48.0. The van der Waals surface area contributed by atoms with Crippen molar-refractivity contribution >= 4 is 41.0 Å². The molecule has 3 atom stereocenters. The van der Waals surface area contributed by atoms with Gasteiger partial charge in [0.25, 0.3) is 5.91 Å². The average molecular weight is 609 g/mol. The quantitative estimate of drug-likeness (QED) is 0.278. The number of carbonyl (C=O) groups is 3. The highest BCUT2D eigenvalue weighted by Crippen LogP contribution is 2.51. The number of amides is 4. The van der Waals surface area contributed by atoms with E-state index in [1.54, 1.807) is 35.9 Å². The van der Waals surface area contributed by atoms with Crippen LogP contribution in [0.2, 0.25) is 0 Å². The van der Waals surface area contributed by atoms with E-state index in [1.165, 1.54) is 11.8 Å². The molecular formula is C33H32N6O4S. The largest absolute Gasteiger partial charge is 0.457 e. The van der Waals surface area contributed by atoms with Crippen molar-refractivity contribution in [3.05, 3.63) is 83.1 Å². The molecule has 1 fully saturated rings. The van der Waals surface area contributed by atoms with E-state index in [2.05, 4.69) is 15.6 Å². The second-order valence-corrected chi connectivity index (χ2v) is 12.4. The number of nitrogens with zero attached hydrogens (tertiary/aromatic N) is 4. The van der Waals surface area contributed by atoms with Gasteiger partial charge in [0.2, 0.25) is 5.91 Å². The number of hydrogen-bond acceptors (Lipinski definition) is 7. The lowest BCUT2D eigenvalue weighted by Crippen LogP contribution is -2.54. The number of nitriles is 1. The van der Waals surface area contributed by atoms with Crippen LogP contribution in [0.5, 0.6) is 11.5 Å². The van der Waals surface area contributed by atoms with Gasteiger partial charge in [-0.1, -0.05) is 35.5 Å². The molecule has 0 radical (unpaired) electrons. The van der Waals surface area contributed by atoms with Crippen molar-refractivity contribution in [3.8, 4) is 17.6 Å². The summed E-state index contributed by atoms with van der Waals surface area (Å²) in [7, 11) is 0. The minimum Gasteiger partial charge on any atom is -0.457 e. The standard InChI is InChI=1S/C33H32N6O4S/c1-19(2)24(17-34)32(41)38-15-7-8-21(18-38)36-30(40)29-28-27-26(13-14-35-31(27)44-29)39(33(42)37-28)25-12-11-23(16-20(25)3)43-22-9-5-4-6-10-22/h4-6,9-14,16,21,28-29H,7-8,15,18H2,1-3H3,(H,36,40)(H,37,42)/t21?,28?,29-/m1/s1. The number of urea groups is 1. The Balaban J connectivity index is 1.20. The van der Waals surface area contributed by atoms with Crippen molar-refractivity contribution in [1.82, 2.24) is 20.5 Å². The summed E-state index contributed by atoms with van der Waals surface area (Å²) in [6.45, 7) is 6.27. The Morgan fingerprint density at radius 2 is 1.91 bits per heavy atom. The summed E-state index contributed by atoms with van der Waals surface area (Å²) in [5.41, 5.74) is 3.85. The van der Waals surface area contributed by atoms with Crippen molar-refractivity contribution in [1.29, 1.82) is 5.26 Å². The van der Waals surface area contributed by atoms with Crippen LogP contribution in [0.3, 0.4) is 0 Å². The van der Waals surface area contributed by atoms with Crippen LogP contribution >= 0.6 is 11.8 Å². The van der Waals surface area contributed by atoms with E-state index in [0.717, 1.165) is 16.9 Å². The normalized spacial score (nSPS) is 20.2. The van der Waals surface area contributed by atoms with Crippen LogP contribution in [0.4, 0.5) is 16.2 Å². The van der Waals surface area contributed by atoms with Crippen LogP contribution < -0.4 is 20.3 Å². The van der Waals surface area contributed by atoms with Crippen molar-refractivity contribution in [2.75, 3.05) is 18.0 Å². The predicted molar refractivity (Wildman–Crippen MR) is 167 cm³/mol. The highest BCUT2D eigenvalue weighted by molar-refractivity contribution is 8.01. The first-order chi connectivity index (χ1) is 21.2. The molecule has 6 rings (SSSR count). The van der Waals surface area contributed by atoms with Gasteiger partial charge in [0.05, 0.1) is 17.4 Å². The predicted octanol–water partition coefficient (Wildman–Crippen LogP) is 5.53. The molecular weight excluding hydrogens is 576 g/mol. The van der Waals surface area contributed by atoms with E-state index >= 15 is 0 Å². The Morgan fingerprint density at radius 1 is 1.11 bits per heavy atom. The molecule has 3 aromatic rings. The van der Waals surface area contributed by atoms with E-state index < -0.39 is 11.3 Å². The third-order valence-electron chi connectivity index (χ3n) is 8.03. The lowest BCUT2D eigenvalue weighted by Gasteiger charge is -2.36. The zero-order chi connectivity index (χ0) is 31.0. The second kappa shape index (κ2) is 12.1. The van der Waals surface area contributed by atoms with Crippen LogP contribution in [0.25, 0.3) is 0 Å². The van der Waals surface area contributed by atoms with Gasteiger partial charge in [-0.15, -0.1) is 0 Å². The van der Waals surface area contributed by atoms with Gasteiger partial charge in [-0.05, 0) is 75.6 Å². The Morgan fingerprint density at radius 3 is 2.64 bits per heavy atom. The Kier molecular flexibility index (Phi) is 8.01. The van der Waals surface area contributed by atoms with Gasteiger partial charge >= 0.3 is 6.03 Å². The van der Waals surface area contributed by atoms with Gasteiger partial charge in [0, 0.05) is 30.9 Å². The number of hydrogen-bond donors (Lipinski definition) is 2. The molecule has 0 aliphatic carbocycles. The fourth-order valence-corrected chi connectivity index (χ4v) is 7.16. The first-order valence-electron chi connectivity index (χ1n) is 14.5. The summed E-state index contributed by atoms with van der Waals surface area (Å²) in [6, 6.07) is 17.7. The third-order valence-corrected chi connectivity index (χ3v) is 9.32. The van der Waals surface area contributed by atoms with Crippen LogP contribution in [0.1, 0.15) is 43.9 Å². The van der Waals surface area contributed by atoms with Crippen molar-refractivity contribution in [2.24, 2.45) is 0 Å². The maximum Gasteiger partial charge on any atom is 0.327 e. The molecule has 1 aromatic heterocycles. The molecule has 4 amide bonds. The number of para-hydroxylation sites is 1. The topological polar surface area (TPSA) is 128 Å². The van der Waals surface area contributed by atoms with Gasteiger partial charge < -0.3 is 20.3 Å². The van der Waals surface area contributed by atoms with E-state index in [1.807, 2.05) is 61.5 Å².